The molecule has 4 heteroatoms. The van der Waals surface area contributed by atoms with Crippen molar-refractivity contribution in [1.29, 1.82) is 0 Å². The first kappa shape index (κ1) is 13.2. The van der Waals surface area contributed by atoms with Crippen molar-refractivity contribution < 1.29 is 14.3 Å². The van der Waals surface area contributed by atoms with Gasteiger partial charge in [-0.05, 0) is 12.0 Å². The number of esters is 1. The van der Waals surface area contributed by atoms with Gasteiger partial charge in [0.25, 0.3) is 0 Å². The van der Waals surface area contributed by atoms with Crippen molar-refractivity contribution in [2.45, 2.75) is 25.8 Å². The number of amides is 1. The second-order valence-corrected chi connectivity index (χ2v) is 3.68. The number of carbonyl (C=O) groups excluding carboxylic acids is 2. The van der Waals surface area contributed by atoms with Gasteiger partial charge in [-0.2, -0.15) is 0 Å². The Kier molecular flexibility index (Phi) is 5.20. The highest BCUT2D eigenvalue weighted by Gasteiger charge is 2.22. The Morgan fingerprint density at radius 2 is 1.94 bits per heavy atom. The van der Waals surface area contributed by atoms with Crippen molar-refractivity contribution >= 4 is 11.9 Å². The molecule has 0 aliphatic rings. The predicted molar refractivity (Wildman–Crippen MR) is 64.2 cm³/mol. The quantitative estimate of drug-likeness (QED) is 0.792. The maximum absolute atomic E-state index is 11.6. The summed E-state index contributed by atoms with van der Waals surface area (Å²) in [5, 5.41) is 2.67. The van der Waals surface area contributed by atoms with Crippen LogP contribution in [-0.4, -0.2) is 19.0 Å². The molecule has 1 N–H and O–H groups in total. The van der Waals surface area contributed by atoms with E-state index in [2.05, 4.69) is 5.32 Å². The summed E-state index contributed by atoms with van der Waals surface area (Å²) in [6.45, 7) is 1.91. The van der Waals surface area contributed by atoms with Crippen LogP contribution in [0.15, 0.2) is 30.3 Å². The Labute approximate surface area is 101 Å². The smallest absolute Gasteiger partial charge is 0.333 e. The molecule has 4 nitrogen and oxygen atoms in total. The fraction of sp³-hybridized carbons (Fsp3) is 0.385. The Balaban J connectivity index is 2.82. The number of carbonyl (C=O) groups is 2. The van der Waals surface area contributed by atoms with E-state index < -0.39 is 12.0 Å². The van der Waals surface area contributed by atoms with Crippen LogP contribution < -0.4 is 5.32 Å². The largest absolute Gasteiger partial charge is 0.467 e. The van der Waals surface area contributed by atoms with Gasteiger partial charge in [-0.25, -0.2) is 4.79 Å². The van der Waals surface area contributed by atoms with Crippen LogP contribution in [0.1, 0.15) is 31.4 Å². The van der Waals surface area contributed by atoms with Crippen LogP contribution in [0.25, 0.3) is 0 Å². The van der Waals surface area contributed by atoms with Crippen LogP contribution in [-0.2, 0) is 14.3 Å². The van der Waals surface area contributed by atoms with Crippen LogP contribution in [0.4, 0.5) is 0 Å². The number of benzene rings is 1. The molecule has 0 radical (unpaired) electrons. The van der Waals surface area contributed by atoms with E-state index in [9.17, 15) is 9.59 Å². The highest BCUT2D eigenvalue weighted by atomic mass is 16.5. The van der Waals surface area contributed by atoms with Crippen LogP contribution in [0.2, 0.25) is 0 Å². The van der Waals surface area contributed by atoms with Gasteiger partial charge in [0.15, 0.2) is 6.04 Å². The molecule has 0 fully saturated rings. The SMILES string of the molecule is CCCC(=O)N[C@H](C(=O)OC)c1ccccc1. The van der Waals surface area contributed by atoms with Gasteiger partial charge in [0.2, 0.25) is 5.91 Å². The maximum Gasteiger partial charge on any atom is 0.333 e. The summed E-state index contributed by atoms with van der Waals surface area (Å²) in [7, 11) is 1.31. The van der Waals surface area contributed by atoms with E-state index >= 15 is 0 Å². The van der Waals surface area contributed by atoms with E-state index in [0.29, 0.717) is 6.42 Å². The van der Waals surface area contributed by atoms with Gasteiger partial charge >= 0.3 is 5.97 Å². The molecule has 0 unspecified atom stereocenters. The third kappa shape index (κ3) is 3.90. The van der Waals surface area contributed by atoms with Crippen LogP contribution in [0, 0.1) is 0 Å². The number of nitrogens with one attached hydrogen (secondary N) is 1. The third-order valence-corrected chi connectivity index (χ3v) is 2.35. The second-order valence-electron chi connectivity index (χ2n) is 3.68. The minimum absolute atomic E-state index is 0.147. The molecule has 1 amide bonds. The average molecular weight is 235 g/mol. The van der Waals surface area contributed by atoms with Gasteiger partial charge in [0.1, 0.15) is 0 Å². The Hall–Kier alpha value is -1.84. The molecule has 0 aliphatic carbocycles. The lowest BCUT2D eigenvalue weighted by Crippen LogP contribution is -2.34. The van der Waals surface area contributed by atoms with Gasteiger partial charge in [0, 0.05) is 6.42 Å². The lowest BCUT2D eigenvalue weighted by Gasteiger charge is -2.16. The zero-order chi connectivity index (χ0) is 12.7. The van der Waals surface area contributed by atoms with Gasteiger partial charge in [-0.3, -0.25) is 4.79 Å². The molecule has 0 heterocycles. The summed E-state index contributed by atoms with van der Waals surface area (Å²) in [4.78, 5) is 23.1. The number of rotatable bonds is 5. The molecular weight excluding hydrogens is 218 g/mol. The standard InChI is InChI=1S/C13H17NO3/c1-3-7-11(15)14-12(13(16)17-2)10-8-5-4-6-9-10/h4-6,8-9,12H,3,7H2,1-2H3,(H,14,15)/t12-/m0/s1. The molecule has 17 heavy (non-hydrogen) atoms. The second kappa shape index (κ2) is 6.68. The van der Waals surface area contributed by atoms with E-state index in [1.54, 1.807) is 12.1 Å². The Morgan fingerprint density at radius 1 is 1.29 bits per heavy atom. The summed E-state index contributed by atoms with van der Waals surface area (Å²) in [6.07, 6.45) is 1.15. The van der Waals surface area contributed by atoms with Crippen molar-refractivity contribution in [1.82, 2.24) is 5.32 Å². The first-order valence-electron chi connectivity index (χ1n) is 5.61. The molecule has 1 aromatic carbocycles. The lowest BCUT2D eigenvalue weighted by molar-refractivity contribution is -0.145. The van der Waals surface area contributed by atoms with Gasteiger partial charge < -0.3 is 10.1 Å². The molecule has 1 aromatic rings. The molecule has 92 valence electrons. The molecule has 0 saturated heterocycles. The van der Waals surface area contributed by atoms with Crippen LogP contribution >= 0.6 is 0 Å². The van der Waals surface area contributed by atoms with Gasteiger partial charge in [0.05, 0.1) is 7.11 Å². The van der Waals surface area contributed by atoms with E-state index in [1.165, 1.54) is 7.11 Å². The molecule has 0 aromatic heterocycles. The molecule has 1 rings (SSSR count). The van der Waals surface area contributed by atoms with Crippen molar-refractivity contribution in [3.63, 3.8) is 0 Å². The number of hydrogen-bond donors (Lipinski definition) is 1. The van der Waals surface area contributed by atoms with Crippen LogP contribution in [0.5, 0.6) is 0 Å². The summed E-state index contributed by atoms with van der Waals surface area (Å²) in [6, 6.07) is 8.34. The van der Waals surface area contributed by atoms with E-state index in [4.69, 9.17) is 4.74 Å². The molecule has 0 aliphatic heterocycles. The summed E-state index contributed by atoms with van der Waals surface area (Å²) in [5.41, 5.74) is 0.726. The predicted octanol–water partition coefficient (Wildman–Crippen LogP) is 1.82. The highest BCUT2D eigenvalue weighted by molar-refractivity contribution is 5.85. The van der Waals surface area contributed by atoms with E-state index in [1.807, 2.05) is 25.1 Å². The van der Waals surface area contributed by atoms with E-state index in [-0.39, 0.29) is 5.91 Å². The number of ether oxygens (including phenoxy) is 1. The topological polar surface area (TPSA) is 55.4 Å². The lowest BCUT2D eigenvalue weighted by atomic mass is 10.1. The van der Waals surface area contributed by atoms with Crippen molar-refractivity contribution in [2.75, 3.05) is 7.11 Å². The summed E-state index contributed by atoms with van der Waals surface area (Å²) < 4.78 is 4.69. The fourth-order valence-corrected chi connectivity index (χ4v) is 1.50. The average Bonchev–Trinajstić information content (AvgIpc) is 2.36. The molecule has 0 bridgehead atoms. The third-order valence-electron chi connectivity index (χ3n) is 2.35. The first-order valence-corrected chi connectivity index (χ1v) is 5.61. The van der Waals surface area contributed by atoms with Gasteiger partial charge in [-0.1, -0.05) is 37.3 Å². The first-order chi connectivity index (χ1) is 8.19. The Morgan fingerprint density at radius 3 is 2.47 bits per heavy atom. The molecule has 0 spiro atoms. The molecule has 1 atom stereocenters. The summed E-state index contributed by atoms with van der Waals surface area (Å²) >= 11 is 0. The van der Waals surface area contributed by atoms with Crippen LogP contribution in [0.3, 0.4) is 0 Å². The van der Waals surface area contributed by atoms with Gasteiger partial charge in [-0.15, -0.1) is 0 Å². The zero-order valence-electron chi connectivity index (χ0n) is 10.1. The molecular formula is C13H17NO3. The number of methoxy groups -OCH3 is 1. The monoisotopic (exact) mass is 235 g/mol. The van der Waals surface area contributed by atoms with E-state index in [0.717, 1.165) is 12.0 Å². The zero-order valence-corrected chi connectivity index (χ0v) is 10.1. The highest BCUT2D eigenvalue weighted by Crippen LogP contribution is 2.14. The summed E-state index contributed by atoms with van der Waals surface area (Å²) in [5.74, 6) is -0.604. The maximum atomic E-state index is 11.6. The minimum Gasteiger partial charge on any atom is -0.467 e. The molecule has 0 saturated carbocycles. The van der Waals surface area contributed by atoms with Crippen molar-refractivity contribution in [2.24, 2.45) is 0 Å². The minimum atomic E-state index is -0.722. The van der Waals surface area contributed by atoms with Crippen molar-refractivity contribution in [3.05, 3.63) is 35.9 Å². The normalized spacial score (nSPS) is 11.6. The fourth-order valence-electron chi connectivity index (χ4n) is 1.50. The van der Waals surface area contributed by atoms with Crippen molar-refractivity contribution in [3.8, 4) is 0 Å². The Bertz CT molecular complexity index is 376. The number of hydrogen-bond acceptors (Lipinski definition) is 3.